The van der Waals surface area contributed by atoms with Gasteiger partial charge in [-0.05, 0) is 86.1 Å². The maximum atomic E-state index is 14.9. The molecular formula is C28H29ClFN3O3. The van der Waals surface area contributed by atoms with Gasteiger partial charge in [-0.3, -0.25) is 4.79 Å². The molecular weight excluding hydrogens is 481 g/mol. The van der Waals surface area contributed by atoms with E-state index < -0.39 is 17.7 Å². The molecule has 1 atom stereocenters. The van der Waals surface area contributed by atoms with Crippen LogP contribution in [0.15, 0.2) is 42.5 Å². The number of methoxy groups -OCH3 is 1. The topological polar surface area (TPSA) is 73.2 Å². The Hall–Kier alpha value is -3.19. The summed E-state index contributed by atoms with van der Waals surface area (Å²) in [6.07, 6.45) is 7.91. The van der Waals surface area contributed by atoms with Crippen LogP contribution in [0.25, 0.3) is 5.69 Å². The van der Waals surface area contributed by atoms with Gasteiger partial charge in [0.2, 0.25) is 5.91 Å². The molecule has 1 unspecified atom stereocenters. The van der Waals surface area contributed by atoms with E-state index in [1.165, 1.54) is 19.2 Å². The molecule has 36 heavy (non-hydrogen) atoms. The van der Waals surface area contributed by atoms with E-state index in [1.807, 2.05) is 28.9 Å². The number of carbonyl (C=O) groups is 2. The lowest BCUT2D eigenvalue weighted by Crippen LogP contribution is -2.31. The Labute approximate surface area is 214 Å². The average Bonchev–Trinajstić information content (AvgIpc) is 3.49. The van der Waals surface area contributed by atoms with Crippen LogP contribution >= 0.6 is 11.6 Å². The van der Waals surface area contributed by atoms with Crippen LogP contribution in [0.2, 0.25) is 5.02 Å². The Morgan fingerprint density at radius 3 is 2.53 bits per heavy atom. The first-order valence-corrected chi connectivity index (χ1v) is 12.9. The second-order valence-electron chi connectivity index (χ2n) is 9.60. The van der Waals surface area contributed by atoms with Crippen molar-refractivity contribution in [3.8, 4) is 5.69 Å². The fraction of sp³-hybridized carbons (Fsp3) is 0.393. The Balaban J connectivity index is 1.55. The van der Waals surface area contributed by atoms with E-state index in [1.54, 1.807) is 0 Å². The van der Waals surface area contributed by atoms with Crippen LogP contribution in [0.5, 0.6) is 0 Å². The lowest BCUT2D eigenvalue weighted by Gasteiger charge is -2.31. The number of anilines is 1. The predicted molar refractivity (Wildman–Crippen MR) is 136 cm³/mol. The van der Waals surface area contributed by atoms with Gasteiger partial charge in [0.1, 0.15) is 5.82 Å². The summed E-state index contributed by atoms with van der Waals surface area (Å²) in [7, 11) is 1.24. The third-order valence-electron chi connectivity index (χ3n) is 7.36. The molecule has 0 aliphatic heterocycles. The molecule has 2 aliphatic rings. The highest BCUT2D eigenvalue weighted by Crippen LogP contribution is 2.42. The summed E-state index contributed by atoms with van der Waals surface area (Å²) in [5.41, 5.74) is 4.06. The number of nitrogens with one attached hydrogen (secondary N) is 1. The van der Waals surface area contributed by atoms with Crippen molar-refractivity contribution in [3.63, 3.8) is 0 Å². The Kier molecular flexibility index (Phi) is 7.10. The van der Waals surface area contributed by atoms with E-state index >= 15 is 0 Å². The minimum atomic E-state index is -0.676. The van der Waals surface area contributed by atoms with E-state index in [2.05, 4.69) is 10.1 Å². The highest BCUT2D eigenvalue weighted by molar-refractivity contribution is 6.30. The van der Waals surface area contributed by atoms with Crippen LogP contribution in [-0.2, 0) is 22.4 Å². The molecule has 2 aliphatic carbocycles. The molecule has 2 aromatic carbocycles. The number of nitrogens with zero attached hydrogens (tertiary/aromatic N) is 2. The number of fused-ring (bicyclic) bond motifs is 1. The Morgan fingerprint density at radius 2 is 1.83 bits per heavy atom. The summed E-state index contributed by atoms with van der Waals surface area (Å²) in [5.74, 6) is -1.91. The molecule has 0 saturated heterocycles. The monoisotopic (exact) mass is 509 g/mol. The van der Waals surface area contributed by atoms with E-state index in [9.17, 15) is 14.0 Å². The zero-order valence-corrected chi connectivity index (χ0v) is 21.0. The van der Waals surface area contributed by atoms with E-state index in [0.29, 0.717) is 5.02 Å². The standard InChI is InChI=1S/C28H29ClFN3O3/c1-36-28(35)18-10-15-24(22(30)16-18)31-27(34)25(17-6-3-2-4-7-17)26-21-8-5-9-23(21)32-33(26)20-13-11-19(29)12-14-20/h10-17,25H,2-9H2,1H3,(H,31,34). The number of carbonyl (C=O) groups excluding carboxylic acids is 2. The maximum Gasteiger partial charge on any atom is 0.337 e. The van der Waals surface area contributed by atoms with Crippen molar-refractivity contribution in [1.29, 1.82) is 0 Å². The second kappa shape index (κ2) is 10.4. The smallest absolute Gasteiger partial charge is 0.337 e. The average molecular weight is 510 g/mol. The second-order valence-corrected chi connectivity index (χ2v) is 10.0. The molecule has 3 aromatic rings. The lowest BCUT2D eigenvalue weighted by molar-refractivity contribution is -0.119. The van der Waals surface area contributed by atoms with Crippen molar-refractivity contribution in [2.24, 2.45) is 5.92 Å². The van der Waals surface area contributed by atoms with Gasteiger partial charge in [-0.15, -0.1) is 0 Å². The van der Waals surface area contributed by atoms with Gasteiger partial charge < -0.3 is 10.1 Å². The molecule has 1 amide bonds. The van der Waals surface area contributed by atoms with Crippen molar-refractivity contribution in [3.05, 3.63) is 75.8 Å². The van der Waals surface area contributed by atoms with Crippen LogP contribution in [-0.4, -0.2) is 28.8 Å². The molecule has 8 heteroatoms. The zero-order valence-electron chi connectivity index (χ0n) is 20.2. The van der Waals surface area contributed by atoms with Crippen LogP contribution in [0.3, 0.4) is 0 Å². The minimum Gasteiger partial charge on any atom is -0.465 e. The summed E-state index contributed by atoms with van der Waals surface area (Å²) < 4.78 is 21.5. The number of amides is 1. The molecule has 1 heterocycles. The number of aryl methyl sites for hydroxylation is 1. The number of hydrogen-bond donors (Lipinski definition) is 1. The quantitative estimate of drug-likeness (QED) is 0.399. The van der Waals surface area contributed by atoms with Gasteiger partial charge in [0.15, 0.2) is 0 Å². The SMILES string of the molecule is COC(=O)c1ccc(NC(=O)C(c2c3c(nn2-c2ccc(Cl)cc2)CCC3)C2CCCCC2)c(F)c1. The van der Waals surface area contributed by atoms with E-state index in [4.69, 9.17) is 16.7 Å². The molecule has 1 aromatic heterocycles. The number of ether oxygens (including phenoxy) is 1. The molecule has 0 radical (unpaired) electrons. The Bertz CT molecular complexity index is 1280. The lowest BCUT2D eigenvalue weighted by atomic mass is 9.77. The number of rotatable bonds is 6. The highest BCUT2D eigenvalue weighted by atomic mass is 35.5. The fourth-order valence-electron chi connectivity index (χ4n) is 5.62. The van der Waals surface area contributed by atoms with Crippen molar-refractivity contribution < 1.29 is 18.7 Å². The van der Waals surface area contributed by atoms with Crippen molar-refractivity contribution in [1.82, 2.24) is 9.78 Å². The van der Waals surface area contributed by atoms with Crippen LogP contribution in [0.4, 0.5) is 10.1 Å². The molecule has 1 N–H and O–H groups in total. The number of hydrogen-bond acceptors (Lipinski definition) is 4. The number of esters is 1. The number of halogens is 2. The molecule has 188 valence electrons. The summed E-state index contributed by atoms with van der Waals surface area (Å²) >= 11 is 6.14. The summed E-state index contributed by atoms with van der Waals surface area (Å²) in [6, 6.07) is 11.4. The molecule has 5 rings (SSSR count). The van der Waals surface area contributed by atoms with Crippen molar-refractivity contribution in [2.75, 3.05) is 12.4 Å². The van der Waals surface area contributed by atoms with E-state index in [0.717, 1.165) is 80.1 Å². The normalized spacial score (nSPS) is 16.4. The first-order valence-electron chi connectivity index (χ1n) is 12.5. The van der Waals surface area contributed by atoms with Crippen molar-refractivity contribution in [2.45, 2.75) is 57.3 Å². The largest absolute Gasteiger partial charge is 0.465 e. The van der Waals surface area contributed by atoms with Crippen molar-refractivity contribution >= 4 is 29.2 Å². The first-order chi connectivity index (χ1) is 17.5. The van der Waals surface area contributed by atoms with Gasteiger partial charge in [-0.1, -0.05) is 30.9 Å². The van der Waals surface area contributed by atoms with E-state index in [-0.39, 0.29) is 23.1 Å². The summed E-state index contributed by atoms with van der Waals surface area (Å²) in [4.78, 5) is 25.7. The first kappa shape index (κ1) is 24.5. The summed E-state index contributed by atoms with van der Waals surface area (Å²) in [6.45, 7) is 0. The molecule has 6 nitrogen and oxygen atoms in total. The predicted octanol–water partition coefficient (Wildman–Crippen LogP) is 6.24. The van der Waals surface area contributed by atoms with Gasteiger partial charge in [0.05, 0.1) is 41.4 Å². The number of aromatic nitrogens is 2. The zero-order chi connectivity index (χ0) is 25.2. The fourth-order valence-corrected chi connectivity index (χ4v) is 5.74. The van der Waals surface area contributed by atoms with Gasteiger partial charge in [-0.25, -0.2) is 13.9 Å². The molecule has 0 bridgehead atoms. The molecule has 1 fully saturated rings. The van der Waals surface area contributed by atoms with Gasteiger partial charge >= 0.3 is 5.97 Å². The Morgan fingerprint density at radius 1 is 1.08 bits per heavy atom. The third-order valence-corrected chi connectivity index (χ3v) is 7.62. The molecule has 0 spiro atoms. The third kappa shape index (κ3) is 4.76. The van der Waals surface area contributed by atoms with Gasteiger partial charge in [0.25, 0.3) is 0 Å². The summed E-state index contributed by atoms with van der Waals surface area (Å²) in [5, 5.41) is 8.38. The van der Waals surface area contributed by atoms with Crippen LogP contribution in [0.1, 0.15) is 71.8 Å². The van der Waals surface area contributed by atoms with Gasteiger partial charge in [0, 0.05) is 5.02 Å². The van der Waals surface area contributed by atoms with Crippen LogP contribution in [0, 0.1) is 11.7 Å². The van der Waals surface area contributed by atoms with Gasteiger partial charge in [-0.2, -0.15) is 5.10 Å². The highest BCUT2D eigenvalue weighted by Gasteiger charge is 2.38. The minimum absolute atomic E-state index is 0.0441. The van der Waals surface area contributed by atoms with Crippen LogP contribution < -0.4 is 5.32 Å². The maximum absolute atomic E-state index is 14.9. The number of benzene rings is 2. The molecule has 1 saturated carbocycles.